The first-order valence-electron chi connectivity index (χ1n) is 9.37. The molecule has 0 radical (unpaired) electrons. The van der Waals surface area contributed by atoms with E-state index in [1.807, 2.05) is 0 Å². The normalized spacial score (nSPS) is 16.9. The van der Waals surface area contributed by atoms with Crippen LogP contribution in [0.2, 0.25) is 0 Å². The molecular formula is C21H21F3N2O2. The van der Waals surface area contributed by atoms with Crippen LogP contribution in [0.15, 0.2) is 24.3 Å². The first-order chi connectivity index (χ1) is 13.4. The molecule has 4 rings (SSSR count). The molecule has 2 aliphatic rings. The summed E-state index contributed by atoms with van der Waals surface area (Å²) in [6, 6.07) is 5.52. The van der Waals surface area contributed by atoms with Crippen molar-refractivity contribution < 1.29 is 22.7 Å². The monoisotopic (exact) mass is 390 g/mol. The zero-order valence-corrected chi connectivity index (χ0v) is 15.5. The van der Waals surface area contributed by atoms with E-state index < -0.39 is 17.5 Å². The minimum Gasteiger partial charge on any atom is -0.493 e. The van der Waals surface area contributed by atoms with Crippen LogP contribution in [-0.4, -0.2) is 25.6 Å². The average molecular weight is 390 g/mol. The summed E-state index contributed by atoms with van der Waals surface area (Å²) in [5.74, 6) is -1.06. The van der Waals surface area contributed by atoms with Gasteiger partial charge >= 0.3 is 0 Å². The number of aryl methyl sites for hydroxylation is 1. The summed E-state index contributed by atoms with van der Waals surface area (Å²) in [6.45, 7) is 3.15. The van der Waals surface area contributed by atoms with Crippen LogP contribution in [0.5, 0.6) is 5.75 Å². The zero-order chi connectivity index (χ0) is 19.8. The highest BCUT2D eigenvalue weighted by atomic mass is 19.1. The molecule has 0 unspecified atom stereocenters. The Morgan fingerprint density at radius 3 is 2.46 bits per heavy atom. The molecule has 1 amide bonds. The van der Waals surface area contributed by atoms with Crippen LogP contribution in [0.1, 0.15) is 24.0 Å². The molecule has 0 aromatic heterocycles. The Morgan fingerprint density at radius 1 is 1.11 bits per heavy atom. The van der Waals surface area contributed by atoms with E-state index in [1.165, 1.54) is 18.2 Å². The van der Waals surface area contributed by atoms with E-state index in [1.54, 1.807) is 17.9 Å². The van der Waals surface area contributed by atoms with Crippen molar-refractivity contribution in [3.63, 3.8) is 0 Å². The number of rotatable bonds is 4. The van der Waals surface area contributed by atoms with E-state index in [4.69, 9.17) is 4.74 Å². The fourth-order valence-electron chi connectivity index (χ4n) is 3.92. The van der Waals surface area contributed by atoms with Crippen molar-refractivity contribution in [1.29, 1.82) is 0 Å². The Morgan fingerprint density at radius 2 is 1.79 bits per heavy atom. The number of nitrogens with zero attached hydrogens (tertiary/aromatic N) is 1. The number of carbonyl (C=O) groups is 1. The minimum absolute atomic E-state index is 0.0332. The topological polar surface area (TPSA) is 41.6 Å². The molecule has 0 spiro atoms. The molecule has 0 atom stereocenters. The quantitative estimate of drug-likeness (QED) is 0.851. The SMILES string of the molecule is Cc1cc(F)c(N2CCC(COc3ccc(F)c4c3CC(=O)N4)CC2)c(F)c1. The van der Waals surface area contributed by atoms with E-state index >= 15 is 0 Å². The Labute approximate surface area is 161 Å². The minimum atomic E-state index is -0.536. The van der Waals surface area contributed by atoms with Gasteiger partial charge in [0.1, 0.15) is 28.9 Å². The number of anilines is 2. The summed E-state index contributed by atoms with van der Waals surface area (Å²) < 4.78 is 48.0. The van der Waals surface area contributed by atoms with Gasteiger partial charge in [-0.25, -0.2) is 13.2 Å². The van der Waals surface area contributed by atoms with Gasteiger partial charge in [-0.2, -0.15) is 0 Å². The van der Waals surface area contributed by atoms with Crippen LogP contribution >= 0.6 is 0 Å². The van der Waals surface area contributed by atoms with Gasteiger partial charge in [-0.1, -0.05) is 0 Å². The van der Waals surface area contributed by atoms with Crippen molar-refractivity contribution in [2.45, 2.75) is 26.2 Å². The van der Waals surface area contributed by atoms with Gasteiger partial charge in [0.2, 0.25) is 5.91 Å². The van der Waals surface area contributed by atoms with Gasteiger partial charge in [0.05, 0.1) is 18.7 Å². The standard InChI is InChI=1S/C21H21F3N2O2/c1-12-8-16(23)21(17(24)9-12)26-6-4-13(5-7-26)11-28-18-3-2-15(22)20-14(18)10-19(27)25-20/h2-3,8-9,13H,4-7,10-11H2,1H3,(H,25,27). The Balaban J connectivity index is 1.38. The molecule has 4 nitrogen and oxygen atoms in total. The molecular weight excluding hydrogens is 369 g/mol. The number of fused-ring (bicyclic) bond motifs is 1. The lowest BCUT2D eigenvalue weighted by Crippen LogP contribution is -2.36. The van der Waals surface area contributed by atoms with Gasteiger partial charge in [-0.3, -0.25) is 4.79 Å². The van der Waals surface area contributed by atoms with Crippen molar-refractivity contribution in [1.82, 2.24) is 0 Å². The fraction of sp³-hybridized carbons (Fsp3) is 0.381. The lowest BCUT2D eigenvalue weighted by molar-refractivity contribution is -0.115. The third-order valence-electron chi connectivity index (χ3n) is 5.39. The van der Waals surface area contributed by atoms with Gasteiger partial charge in [0, 0.05) is 18.7 Å². The number of benzene rings is 2. The van der Waals surface area contributed by atoms with Crippen LogP contribution in [0.3, 0.4) is 0 Å². The molecule has 148 valence electrons. The summed E-state index contributed by atoms with van der Waals surface area (Å²) in [6.07, 6.45) is 1.56. The van der Waals surface area contributed by atoms with Crippen LogP contribution in [-0.2, 0) is 11.2 Å². The van der Waals surface area contributed by atoms with Crippen LogP contribution in [0, 0.1) is 30.3 Å². The maximum Gasteiger partial charge on any atom is 0.229 e. The Hall–Kier alpha value is -2.70. The maximum atomic E-state index is 14.2. The molecule has 2 aromatic rings. The van der Waals surface area contributed by atoms with Gasteiger partial charge in [0.25, 0.3) is 0 Å². The number of hydrogen-bond donors (Lipinski definition) is 1. The predicted molar refractivity (Wildman–Crippen MR) is 100 cm³/mol. The molecule has 0 aliphatic carbocycles. The van der Waals surface area contributed by atoms with Crippen molar-refractivity contribution in [3.8, 4) is 5.75 Å². The number of nitrogens with one attached hydrogen (secondary N) is 1. The van der Waals surface area contributed by atoms with Gasteiger partial charge in [-0.05, 0) is 55.5 Å². The van der Waals surface area contributed by atoms with Crippen LogP contribution in [0.25, 0.3) is 0 Å². The Kier molecular flexibility index (Phi) is 4.91. The van der Waals surface area contributed by atoms with E-state index in [2.05, 4.69) is 5.32 Å². The smallest absolute Gasteiger partial charge is 0.229 e. The second-order valence-corrected chi connectivity index (χ2v) is 7.44. The third kappa shape index (κ3) is 3.53. The fourth-order valence-corrected chi connectivity index (χ4v) is 3.92. The van der Waals surface area contributed by atoms with Crippen LogP contribution < -0.4 is 15.0 Å². The number of hydrogen-bond acceptors (Lipinski definition) is 3. The molecule has 2 aliphatic heterocycles. The van der Waals surface area contributed by atoms with Gasteiger partial charge in [-0.15, -0.1) is 0 Å². The third-order valence-corrected chi connectivity index (χ3v) is 5.39. The number of halogens is 3. The van der Waals surface area contributed by atoms with Gasteiger partial charge in [0.15, 0.2) is 0 Å². The number of piperidine rings is 1. The van der Waals surface area contributed by atoms with Crippen molar-refractivity contribution in [2.75, 3.05) is 29.9 Å². The Bertz CT molecular complexity index is 901. The van der Waals surface area contributed by atoms with Crippen molar-refractivity contribution in [3.05, 3.63) is 52.8 Å². The molecule has 2 aromatic carbocycles. The largest absolute Gasteiger partial charge is 0.493 e. The average Bonchev–Trinajstić information content (AvgIpc) is 3.04. The highest BCUT2D eigenvalue weighted by molar-refractivity contribution is 6.00. The molecule has 0 bridgehead atoms. The lowest BCUT2D eigenvalue weighted by Gasteiger charge is -2.34. The van der Waals surface area contributed by atoms with E-state index in [0.717, 1.165) is 12.8 Å². The highest BCUT2D eigenvalue weighted by Gasteiger charge is 2.27. The van der Waals surface area contributed by atoms with E-state index in [-0.39, 0.29) is 29.6 Å². The van der Waals surface area contributed by atoms with E-state index in [9.17, 15) is 18.0 Å². The zero-order valence-electron chi connectivity index (χ0n) is 15.5. The maximum absolute atomic E-state index is 14.2. The van der Waals surface area contributed by atoms with Gasteiger partial charge < -0.3 is 15.0 Å². The number of carbonyl (C=O) groups excluding carboxylic acids is 1. The first-order valence-corrected chi connectivity index (χ1v) is 9.37. The van der Waals surface area contributed by atoms with Crippen molar-refractivity contribution >= 4 is 17.3 Å². The predicted octanol–water partition coefficient (Wildman–Crippen LogP) is 4.20. The summed E-state index contributed by atoms with van der Waals surface area (Å²) in [4.78, 5) is 13.3. The van der Waals surface area contributed by atoms with Crippen molar-refractivity contribution in [2.24, 2.45) is 5.92 Å². The summed E-state index contributed by atoms with van der Waals surface area (Å²) >= 11 is 0. The second kappa shape index (κ2) is 7.37. The van der Waals surface area contributed by atoms with E-state index in [0.29, 0.717) is 36.6 Å². The molecule has 7 heteroatoms. The molecule has 1 N–H and O–H groups in total. The number of amides is 1. The molecule has 1 saturated heterocycles. The molecule has 1 fully saturated rings. The summed E-state index contributed by atoms with van der Waals surface area (Å²) in [7, 11) is 0. The molecule has 0 saturated carbocycles. The van der Waals surface area contributed by atoms with Crippen LogP contribution in [0.4, 0.5) is 24.5 Å². The highest BCUT2D eigenvalue weighted by Crippen LogP contribution is 2.35. The molecule has 28 heavy (non-hydrogen) atoms. The number of ether oxygens (including phenoxy) is 1. The summed E-state index contributed by atoms with van der Waals surface area (Å²) in [5, 5.41) is 2.51. The lowest BCUT2D eigenvalue weighted by atomic mass is 9.97. The molecule has 2 heterocycles. The second-order valence-electron chi connectivity index (χ2n) is 7.44. The first kappa shape index (κ1) is 18.7. The summed E-state index contributed by atoms with van der Waals surface area (Å²) in [5.41, 5.74) is 1.33.